The lowest BCUT2D eigenvalue weighted by Gasteiger charge is -2.08. The number of hydrogen-bond donors (Lipinski definition) is 2. The van der Waals surface area contributed by atoms with Crippen molar-refractivity contribution in [3.05, 3.63) is 58.8 Å². The lowest BCUT2D eigenvalue weighted by molar-refractivity contribution is 0.0696. The van der Waals surface area contributed by atoms with Crippen molar-refractivity contribution in [1.82, 2.24) is 4.98 Å². The molecule has 0 aliphatic carbocycles. The van der Waals surface area contributed by atoms with Gasteiger partial charge in [0.05, 0.1) is 5.56 Å². The van der Waals surface area contributed by atoms with E-state index in [9.17, 15) is 4.79 Å². The molecule has 1 heterocycles. The number of carboxylic acids is 1. The Labute approximate surface area is 118 Å². The van der Waals surface area contributed by atoms with E-state index in [4.69, 9.17) is 5.11 Å². The van der Waals surface area contributed by atoms with Gasteiger partial charge in [-0.3, -0.25) is 0 Å². The third-order valence-corrected chi connectivity index (χ3v) is 3.11. The quantitative estimate of drug-likeness (QED) is 0.875. The molecule has 0 bridgehead atoms. The van der Waals surface area contributed by atoms with Crippen LogP contribution in [0.25, 0.3) is 0 Å². The van der Waals surface area contributed by atoms with E-state index in [1.165, 1.54) is 5.56 Å². The van der Waals surface area contributed by atoms with E-state index in [1.54, 1.807) is 19.1 Å². The number of pyridine rings is 1. The molecule has 2 N–H and O–H groups in total. The minimum atomic E-state index is -0.939. The third kappa shape index (κ3) is 3.57. The van der Waals surface area contributed by atoms with Crippen LogP contribution in [0.1, 0.15) is 34.1 Å². The highest BCUT2D eigenvalue weighted by Crippen LogP contribution is 2.12. The topological polar surface area (TPSA) is 62.2 Å². The Bertz CT molecular complexity index is 606. The van der Waals surface area contributed by atoms with Crippen LogP contribution in [0.4, 0.5) is 5.82 Å². The van der Waals surface area contributed by atoms with Crippen LogP contribution in [0.3, 0.4) is 0 Å². The summed E-state index contributed by atoms with van der Waals surface area (Å²) in [5.74, 6) is -0.354. The van der Waals surface area contributed by atoms with Crippen LogP contribution in [0.15, 0.2) is 36.4 Å². The number of benzene rings is 1. The van der Waals surface area contributed by atoms with Crippen LogP contribution >= 0.6 is 0 Å². The van der Waals surface area contributed by atoms with Crippen LogP contribution < -0.4 is 5.32 Å². The van der Waals surface area contributed by atoms with Crippen molar-refractivity contribution < 1.29 is 9.90 Å². The smallest absolute Gasteiger partial charge is 0.335 e. The first kappa shape index (κ1) is 14.1. The minimum absolute atomic E-state index is 0.251. The van der Waals surface area contributed by atoms with Gasteiger partial charge in [-0.15, -0.1) is 0 Å². The Morgan fingerprint density at radius 1 is 1.20 bits per heavy atom. The summed E-state index contributed by atoms with van der Waals surface area (Å²) in [6.45, 7) is 4.53. The number of rotatable bonds is 5. The molecule has 0 aliphatic rings. The van der Waals surface area contributed by atoms with Gasteiger partial charge in [0.1, 0.15) is 5.82 Å². The largest absolute Gasteiger partial charge is 0.478 e. The van der Waals surface area contributed by atoms with Crippen LogP contribution in [-0.2, 0) is 13.0 Å². The Balaban J connectivity index is 2.08. The van der Waals surface area contributed by atoms with E-state index in [0.29, 0.717) is 18.1 Å². The van der Waals surface area contributed by atoms with E-state index in [0.717, 1.165) is 12.0 Å². The number of hydrogen-bond acceptors (Lipinski definition) is 3. The number of nitrogens with zero attached hydrogens (tertiary/aromatic N) is 1. The van der Waals surface area contributed by atoms with Crippen molar-refractivity contribution >= 4 is 11.8 Å². The minimum Gasteiger partial charge on any atom is -0.478 e. The van der Waals surface area contributed by atoms with Crippen LogP contribution in [0, 0.1) is 6.92 Å². The predicted molar refractivity (Wildman–Crippen MR) is 79.1 cm³/mol. The summed E-state index contributed by atoms with van der Waals surface area (Å²) in [7, 11) is 0. The number of aromatic nitrogens is 1. The van der Waals surface area contributed by atoms with Gasteiger partial charge in [-0.05, 0) is 36.6 Å². The normalized spacial score (nSPS) is 10.3. The SMILES string of the molecule is CCc1ccc(CNc2cc(C(=O)O)cc(C)n2)cc1. The van der Waals surface area contributed by atoms with Gasteiger partial charge >= 0.3 is 5.97 Å². The van der Waals surface area contributed by atoms with E-state index < -0.39 is 5.97 Å². The van der Waals surface area contributed by atoms with Crippen molar-refractivity contribution in [2.75, 3.05) is 5.32 Å². The number of carboxylic acid groups (broad SMARTS) is 1. The summed E-state index contributed by atoms with van der Waals surface area (Å²) in [6, 6.07) is 11.4. The zero-order valence-electron chi connectivity index (χ0n) is 11.7. The molecule has 4 nitrogen and oxygen atoms in total. The number of anilines is 1. The number of aryl methyl sites for hydroxylation is 2. The van der Waals surface area contributed by atoms with E-state index in [1.807, 2.05) is 0 Å². The fourth-order valence-electron chi connectivity index (χ4n) is 1.97. The van der Waals surface area contributed by atoms with Gasteiger partial charge in [0.2, 0.25) is 0 Å². The molecule has 2 rings (SSSR count). The monoisotopic (exact) mass is 270 g/mol. The Kier molecular flexibility index (Phi) is 4.35. The maximum Gasteiger partial charge on any atom is 0.335 e. The Morgan fingerprint density at radius 2 is 1.85 bits per heavy atom. The fourth-order valence-corrected chi connectivity index (χ4v) is 1.97. The molecule has 0 saturated heterocycles. The summed E-state index contributed by atoms with van der Waals surface area (Å²) in [5.41, 5.74) is 3.38. The molecule has 1 aromatic carbocycles. The van der Waals surface area contributed by atoms with Gasteiger partial charge in [-0.1, -0.05) is 31.2 Å². The van der Waals surface area contributed by atoms with Gasteiger partial charge in [-0.2, -0.15) is 0 Å². The van der Waals surface area contributed by atoms with Crippen molar-refractivity contribution in [2.24, 2.45) is 0 Å². The lowest BCUT2D eigenvalue weighted by Crippen LogP contribution is -2.05. The average molecular weight is 270 g/mol. The summed E-state index contributed by atoms with van der Waals surface area (Å²) >= 11 is 0. The zero-order valence-corrected chi connectivity index (χ0v) is 11.7. The molecule has 104 valence electrons. The predicted octanol–water partition coefficient (Wildman–Crippen LogP) is 3.26. The molecule has 0 radical (unpaired) electrons. The maximum absolute atomic E-state index is 11.0. The van der Waals surface area contributed by atoms with Gasteiger partial charge in [0.15, 0.2) is 0 Å². The molecule has 0 fully saturated rings. The van der Waals surface area contributed by atoms with Crippen molar-refractivity contribution in [1.29, 1.82) is 0 Å². The number of aromatic carboxylic acids is 1. The lowest BCUT2D eigenvalue weighted by atomic mass is 10.1. The highest BCUT2D eigenvalue weighted by molar-refractivity contribution is 5.88. The highest BCUT2D eigenvalue weighted by Gasteiger charge is 2.06. The van der Waals surface area contributed by atoms with E-state index in [-0.39, 0.29) is 5.56 Å². The molecule has 0 amide bonds. The van der Waals surface area contributed by atoms with Crippen LogP contribution in [0.5, 0.6) is 0 Å². The first-order chi connectivity index (χ1) is 9.58. The molecule has 0 spiro atoms. The van der Waals surface area contributed by atoms with E-state index in [2.05, 4.69) is 41.5 Å². The summed E-state index contributed by atoms with van der Waals surface area (Å²) < 4.78 is 0. The first-order valence-corrected chi connectivity index (χ1v) is 6.62. The summed E-state index contributed by atoms with van der Waals surface area (Å²) in [4.78, 5) is 15.3. The van der Waals surface area contributed by atoms with Crippen molar-refractivity contribution in [3.8, 4) is 0 Å². The van der Waals surface area contributed by atoms with Gasteiger partial charge in [0, 0.05) is 12.2 Å². The second kappa shape index (κ2) is 6.19. The molecule has 0 aliphatic heterocycles. The molecule has 0 unspecified atom stereocenters. The average Bonchev–Trinajstić information content (AvgIpc) is 2.45. The van der Waals surface area contributed by atoms with Crippen molar-refractivity contribution in [2.45, 2.75) is 26.8 Å². The maximum atomic E-state index is 11.0. The Morgan fingerprint density at radius 3 is 2.45 bits per heavy atom. The second-order valence-corrected chi connectivity index (χ2v) is 4.71. The first-order valence-electron chi connectivity index (χ1n) is 6.62. The van der Waals surface area contributed by atoms with Crippen LogP contribution in [0.2, 0.25) is 0 Å². The van der Waals surface area contributed by atoms with Gasteiger partial charge in [0.25, 0.3) is 0 Å². The summed E-state index contributed by atoms with van der Waals surface area (Å²) in [5, 5.41) is 12.2. The van der Waals surface area contributed by atoms with Crippen LogP contribution in [-0.4, -0.2) is 16.1 Å². The van der Waals surface area contributed by atoms with E-state index >= 15 is 0 Å². The molecule has 20 heavy (non-hydrogen) atoms. The molecule has 0 saturated carbocycles. The molecular formula is C16H18N2O2. The standard InChI is InChI=1S/C16H18N2O2/c1-3-12-4-6-13(7-5-12)10-17-15-9-14(16(19)20)8-11(2)18-15/h4-9H,3,10H2,1-2H3,(H,17,18)(H,19,20). The van der Waals surface area contributed by atoms with Crippen molar-refractivity contribution in [3.63, 3.8) is 0 Å². The van der Waals surface area contributed by atoms with Gasteiger partial charge < -0.3 is 10.4 Å². The number of nitrogens with one attached hydrogen (secondary N) is 1. The molecular weight excluding hydrogens is 252 g/mol. The molecule has 1 aromatic heterocycles. The molecule has 0 atom stereocenters. The number of carbonyl (C=O) groups is 1. The third-order valence-electron chi connectivity index (χ3n) is 3.11. The zero-order chi connectivity index (χ0) is 14.5. The fraction of sp³-hybridized carbons (Fsp3) is 0.250. The molecule has 2 aromatic rings. The molecule has 4 heteroatoms. The summed E-state index contributed by atoms with van der Waals surface area (Å²) in [6.07, 6.45) is 1.02. The van der Waals surface area contributed by atoms with Gasteiger partial charge in [-0.25, -0.2) is 9.78 Å². The Hall–Kier alpha value is -2.36. The highest BCUT2D eigenvalue weighted by atomic mass is 16.4. The second-order valence-electron chi connectivity index (χ2n) is 4.71.